The minimum Gasteiger partial charge on any atom is -0.494 e. The van der Waals surface area contributed by atoms with Crippen molar-refractivity contribution in [3.63, 3.8) is 0 Å². The molecule has 32 heavy (non-hydrogen) atoms. The maximum atomic E-state index is 14.2. The molecule has 0 spiro atoms. The average molecular weight is 444 g/mol. The largest absolute Gasteiger partial charge is 0.494 e. The zero-order valence-corrected chi connectivity index (χ0v) is 17.7. The number of hydrogen-bond acceptors (Lipinski definition) is 4. The number of halogens is 2. The van der Waals surface area contributed by atoms with Crippen LogP contribution in [0.5, 0.6) is 5.75 Å². The molecule has 4 rings (SSSR count). The second kappa shape index (κ2) is 9.52. The molecule has 2 amide bonds. The maximum absolute atomic E-state index is 14.2. The SMILES string of the molecule is COc1ccc(CC(NC(=O)NC2CCC(O)CC2)c2nc3ccc(F)cc3[nH]2)cc1F. The Kier molecular flexibility index (Phi) is 6.55. The molecule has 1 unspecified atom stereocenters. The topological polar surface area (TPSA) is 99.3 Å². The predicted molar refractivity (Wildman–Crippen MR) is 115 cm³/mol. The van der Waals surface area contributed by atoms with Crippen LogP contribution in [0.3, 0.4) is 0 Å². The van der Waals surface area contributed by atoms with Gasteiger partial charge in [-0.25, -0.2) is 18.6 Å². The lowest BCUT2D eigenvalue weighted by atomic mass is 9.93. The van der Waals surface area contributed by atoms with Crippen LogP contribution in [0.25, 0.3) is 11.0 Å². The highest BCUT2D eigenvalue weighted by Gasteiger charge is 2.24. The fourth-order valence-electron chi connectivity index (χ4n) is 4.06. The molecular weight excluding hydrogens is 418 g/mol. The van der Waals surface area contributed by atoms with E-state index < -0.39 is 17.7 Å². The second-order valence-corrected chi connectivity index (χ2v) is 8.13. The van der Waals surface area contributed by atoms with E-state index in [1.54, 1.807) is 12.1 Å². The Morgan fingerprint density at radius 3 is 2.72 bits per heavy atom. The van der Waals surface area contributed by atoms with Crippen LogP contribution in [-0.4, -0.2) is 40.4 Å². The fraction of sp³-hybridized carbons (Fsp3) is 0.391. The van der Waals surface area contributed by atoms with Gasteiger partial charge in [0.1, 0.15) is 11.6 Å². The molecule has 170 valence electrons. The van der Waals surface area contributed by atoms with Crippen molar-refractivity contribution >= 4 is 17.1 Å². The number of nitrogens with one attached hydrogen (secondary N) is 3. The summed E-state index contributed by atoms with van der Waals surface area (Å²) in [5.41, 5.74) is 1.71. The summed E-state index contributed by atoms with van der Waals surface area (Å²) in [6, 6.07) is 7.81. The predicted octanol–water partition coefficient (Wildman–Crippen LogP) is 3.74. The van der Waals surface area contributed by atoms with Gasteiger partial charge < -0.3 is 25.5 Å². The smallest absolute Gasteiger partial charge is 0.315 e. The van der Waals surface area contributed by atoms with Gasteiger partial charge in [0, 0.05) is 12.5 Å². The highest BCUT2D eigenvalue weighted by molar-refractivity contribution is 5.76. The molecule has 0 saturated heterocycles. The van der Waals surface area contributed by atoms with Gasteiger partial charge in [-0.2, -0.15) is 0 Å². The van der Waals surface area contributed by atoms with E-state index in [0.717, 1.165) is 0 Å². The summed E-state index contributed by atoms with van der Waals surface area (Å²) in [5, 5.41) is 15.5. The van der Waals surface area contributed by atoms with Crippen LogP contribution in [0, 0.1) is 11.6 Å². The molecular formula is C23H26F2N4O3. The average Bonchev–Trinajstić information content (AvgIpc) is 3.18. The zero-order chi connectivity index (χ0) is 22.7. The lowest BCUT2D eigenvalue weighted by molar-refractivity contribution is 0.117. The first-order chi connectivity index (χ1) is 15.4. The van der Waals surface area contributed by atoms with Crippen LogP contribution >= 0.6 is 0 Å². The number of amides is 2. The Bertz CT molecular complexity index is 1100. The van der Waals surface area contributed by atoms with Crippen molar-refractivity contribution in [2.75, 3.05) is 7.11 Å². The first-order valence-electron chi connectivity index (χ1n) is 10.6. The molecule has 1 fully saturated rings. The number of imidazole rings is 1. The van der Waals surface area contributed by atoms with Crippen molar-refractivity contribution in [1.29, 1.82) is 0 Å². The van der Waals surface area contributed by atoms with E-state index in [4.69, 9.17) is 4.74 Å². The van der Waals surface area contributed by atoms with E-state index in [-0.39, 0.29) is 30.3 Å². The molecule has 1 saturated carbocycles. The molecule has 3 aromatic rings. The number of hydrogen-bond donors (Lipinski definition) is 4. The third-order valence-electron chi connectivity index (χ3n) is 5.79. The van der Waals surface area contributed by atoms with E-state index in [1.165, 1.54) is 31.4 Å². The van der Waals surface area contributed by atoms with Crippen LogP contribution in [0.15, 0.2) is 36.4 Å². The number of aliphatic hydroxyl groups excluding tert-OH is 1. The fourth-order valence-corrected chi connectivity index (χ4v) is 4.06. The van der Waals surface area contributed by atoms with Gasteiger partial charge in [-0.05, 0) is 61.6 Å². The summed E-state index contributed by atoms with van der Waals surface area (Å²) in [6.07, 6.45) is 2.65. The van der Waals surface area contributed by atoms with Crippen LogP contribution in [0.1, 0.15) is 43.1 Å². The number of ether oxygens (including phenoxy) is 1. The van der Waals surface area contributed by atoms with E-state index in [0.29, 0.717) is 48.1 Å². The Balaban J connectivity index is 1.55. The zero-order valence-electron chi connectivity index (χ0n) is 17.7. The van der Waals surface area contributed by atoms with E-state index in [1.807, 2.05) is 0 Å². The molecule has 1 aliphatic carbocycles. The number of carbonyl (C=O) groups is 1. The van der Waals surface area contributed by atoms with Gasteiger partial charge in [0.15, 0.2) is 11.6 Å². The van der Waals surface area contributed by atoms with Crippen molar-refractivity contribution in [3.05, 3.63) is 59.4 Å². The number of rotatable bonds is 6. The molecule has 9 heteroatoms. The second-order valence-electron chi connectivity index (χ2n) is 8.13. The van der Waals surface area contributed by atoms with Crippen molar-refractivity contribution in [1.82, 2.24) is 20.6 Å². The number of fused-ring (bicyclic) bond motifs is 1. The monoisotopic (exact) mass is 444 g/mol. The van der Waals surface area contributed by atoms with E-state index in [9.17, 15) is 18.7 Å². The molecule has 0 bridgehead atoms. The minimum atomic E-state index is -0.604. The molecule has 2 aromatic carbocycles. The lowest BCUT2D eigenvalue weighted by Crippen LogP contribution is -2.45. The molecule has 7 nitrogen and oxygen atoms in total. The Labute approximate surface area is 184 Å². The molecule has 1 heterocycles. The van der Waals surface area contributed by atoms with Crippen molar-refractivity contribution < 1.29 is 23.4 Å². The standard InChI is InChI=1S/C23H26F2N4O3/c1-32-21-9-2-13(10-17(21)25)11-20(22-27-18-8-3-14(24)12-19(18)28-22)29-23(31)26-15-4-6-16(30)7-5-15/h2-3,8-10,12,15-16,20,30H,4-7,11H2,1H3,(H,27,28)(H2,26,29,31). The molecule has 1 aromatic heterocycles. The molecule has 0 radical (unpaired) electrons. The third kappa shape index (κ3) is 5.16. The molecule has 1 atom stereocenters. The lowest BCUT2D eigenvalue weighted by Gasteiger charge is -2.27. The Morgan fingerprint density at radius 1 is 1.22 bits per heavy atom. The highest BCUT2D eigenvalue weighted by atomic mass is 19.1. The number of methoxy groups -OCH3 is 1. The van der Waals surface area contributed by atoms with Gasteiger partial charge in [0.25, 0.3) is 0 Å². The number of urea groups is 1. The number of aromatic nitrogens is 2. The van der Waals surface area contributed by atoms with Crippen LogP contribution in [0.4, 0.5) is 13.6 Å². The van der Waals surface area contributed by atoms with Crippen molar-refractivity contribution in [2.24, 2.45) is 0 Å². The van der Waals surface area contributed by atoms with Crippen molar-refractivity contribution in [2.45, 2.75) is 50.3 Å². The van der Waals surface area contributed by atoms with Gasteiger partial charge >= 0.3 is 6.03 Å². The third-order valence-corrected chi connectivity index (χ3v) is 5.79. The number of carbonyl (C=O) groups excluding carboxylic acids is 1. The molecule has 1 aliphatic rings. The maximum Gasteiger partial charge on any atom is 0.315 e. The van der Waals surface area contributed by atoms with Crippen LogP contribution < -0.4 is 15.4 Å². The number of aromatic amines is 1. The summed E-state index contributed by atoms with van der Waals surface area (Å²) >= 11 is 0. The van der Waals surface area contributed by atoms with E-state index >= 15 is 0 Å². The minimum absolute atomic E-state index is 0.0257. The van der Waals surface area contributed by atoms with Gasteiger partial charge in [0.2, 0.25) is 0 Å². The molecule has 4 N–H and O–H groups in total. The van der Waals surface area contributed by atoms with E-state index in [2.05, 4.69) is 20.6 Å². The Hall–Kier alpha value is -3.20. The van der Waals surface area contributed by atoms with Gasteiger partial charge in [-0.15, -0.1) is 0 Å². The summed E-state index contributed by atoms with van der Waals surface area (Å²) in [6.45, 7) is 0. The van der Waals surface area contributed by atoms with Gasteiger partial charge in [-0.1, -0.05) is 6.07 Å². The number of nitrogens with zero attached hydrogens (tertiary/aromatic N) is 1. The Morgan fingerprint density at radius 2 is 2.00 bits per heavy atom. The van der Waals surface area contributed by atoms with Crippen LogP contribution in [0.2, 0.25) is 0 Å². The number of aliphatic hydroxyl groups is 1. The first kappa shape index (κ1) is 22.0. The first-order valence-corrected chi connectivity index (χ1v) is 10.6. The summed E-state index contributed by atoms with van der Waals surface area (Å²) in [5.74, 6) is -0.321. The number of H-pyrrole nitrogens is 1. The van der Waals surface area contributed by atoms with Crippen LogP contribution in [-0.2, 0) is 6.42 Å². The normalized spacial score (nSPS) is 19.5. The summed E-state index contributed by atoms with van der Waals surface area (Å²) < 4.78 is 32.8. The summed E-state index contributed by atoms with van der Waals surface area (Å²) in [7, 11) is 1.39. The van der Waals surface area contributed by atoms with Gasteiger partial charge in [-0.3, -0.25) is 0 Å². The molecule has 0 aliphatic heterocycles. The van der Waals surface area contributed by atoms with Gasteiger partial charge in [0.05, 0.1) is 30.3 Å². The quantitative estimate of drug-likeness (QED) is 0.466. The highest BCUT2D eigenvalue weighted by Crippen LogP contribution is 2.24. The van der Waals surface area contributed by atoms with Crippen molar-refractivity contribution in [3.8, 4) is 5.75 Å². The number of benzene rings is 2. The summed E-state index contributed by atoms with van der Waals surface area (Å²) in [4.78, 5) is 20.3.